The van der Waals surface area contributed by atoms with Crippen molar-refractivity contribution in [2.24, 2.45) is 0 Å². The molecule has 6 heteroatoms. The van der Waals surface area contributed by atoms with Crippen molar-refractivity contribution in [2.75, 3.05) is 5.75 Å². The Balaban J connectivity index is 3.99. The van der Waals surface area contributed by atoms with Crippen LogP contribution in [0.5, 0.6) is 0 Å². The van der Waals surface area contributed by atoms with Crippen LogP contribution in [0, 0.1) is 11.3 Å². The van der Waals surface area contributed by atoms with E-state index in [4.69, 9.17) is 5.26 Å². The summed E-state index contributed by atoms with van der Waals surface area (Å²) in [6.45, 7) is 1.71. The number of rotatable bonds is 5. The molecule has 0 spiro atoms. The van der Waals surface area contributed by atoms with Crippen molar-refractivity contribution in [1.82, 2.24) is 4.72 Å². The molecular weight excluding hydrogens is 192 g/mol. The molecule has 0 unspecified atom stereocenters. The summed E-state index contributed by atoms with van der Waals surface area (Å²) in [4.78, 5) is 10.9. The molecule has 0 aliphatic rings. The molecule has 13 heavy (non-hydrogen) atoms. The fourth-order valence-corrected chi connectivity index (χ4v) is 1.80. The van der Waals surface area contributed by atoms with Crippen LogP contribution in [-0.2, 0) is 14.8 Å². The highest BCUT2D eigenvalue weighted by atomic mass is 32.2. The molecule has 0 heterocycles. The Morgan fingerprint density at radius 3 is 2.62 bits per heavy atom. The van der Waals surface area contributed by atoms with E-state index in [-0.39, 0.29) is 18.6 Å². The van der Waals surface area contributed by atoms with Crippen LogP contribution in [0.25, 0.3) is 0 Å². The first-order chi connectivity index (χ1) is 6.02. The van der Waals surface area contributed by atoms with E-state index in [1.807, 2.05) is 4.72 Å². The highest BCUT2D eigenvalue weighted by Gasteiger charge is 2.12. The third kappa shape index (κ3) is 6.11. The van der Waals surface area contributed by atoms with Gasteiger partial charge in [-0.05, 0) is 6.42 Å². The minimum absolute atomic E-state index is 0.0352. The molecule has 0 aliphatic heterocycles. The predicted molar refractivity (Wildman–Crippen MR) is 47.1 cm³/mol. The lowest BCUT2D eigenvalue weighted by atomic mass is 10.3. The number of carbonyl (C=O) groups is 1. The zero-order chi connectivity index (χ0) is 10.3. The lowest BCUT2D eigenvalue weighted by Crippen LogP contribution is -2.32. The van der Waals surface area contributed by atoms with E-state index in [0.29, 0.717) is 6.42 Å². The van der Waals surface area contributed by atoms with Gasteiger partial charge < -0.3 is 0 Å². The largest absolute Gasteiger partial charge is 0.274 e. The van der Waals surface area contributed by atoms with Gasteiger partial charge in [-0.15, -0.1) is 0 Å². The Morgan fingerprint density at radius 1 is 1.54 bits per heavy atom. The van der Waals surface area contributed by atoms with Crippen molar-refractivity contribution < 1.29 is 13.2 Å². The van der Waals surface area contributed by atoms with Crippen molar-refractivity contribution in [3.8, 4) is 6.07 Å². The molecule has 0 saturated heterocycles. The first kappa shape index (κ1) is 11.9. The molecule has 0 saturated carbocycles. The summed E-state index contributed by atoms with van der Waals surface area (Å²) < 4.78 is 23.9. The van der Waals surface area contributed by atoms with Gasteiger partial charge in [0, 0.05) is 12.8 Å². The first-order valence-electron chi connectivity index (χ1n) is 3.92. The molecule has 0 rings (SSSR count). The Morgan fingerprint density at radius 2 is 2.15 bits per heavy atom. The highest BCUT2D eigenvalue weighted by Crippen LogP contribution is 1.92. The summed E-state index contributed by atoms with van der Waals surface area (Å²) in [5.41, 5.74) is 0. The number of nitrogens with one attached hydrogen (secondary N) is 1. The number of sulfonamides is 1. The van der Waals surface area contributed by atoms with E-state index in [9.17, 15) is 13.2 Å². The Kier molecular flexibility index (Phi) is 5.07. The fraction of sp³-hybridized carbons (Fsp3) is 0.714. The van der Waals surface area contributed by atoms with E-state index in [2.05, 4.69) is 0 Å². The van der Waals surface area contributed by atoms with Gasteiger partial charge in [-0.25, -0.2) is 8.42 Å². The SMILES string of the molecule is CCCS(=O)(=O)NC(=O)CCC#N. The molecule has 0 aromatic rings. The van der Waals surface area contributed by atoms with Crippen molar-refractivity contribution in [3.63, 3.8) is 0 Å². The number of carbonyl (C=O) groups excluding carboxylic acids is 1. The molecule has 1 N–H and O–H groups in total. The van der Waals surface area contributed by atoms with Gasteiger partial charge in [0.1, 0.15) is 0 Å². The molecule has 0 fully saturated rings. The molecule has 74 valence electrons. The van der Waals surface area contributed by atoms with Gasteiger partial charge in [0.25, 0.3) is 0 Å². The van der Waals surface area contributed by atoms with E-state index in [1.165, 1.54) is 0 Å². The molecule has 0 aliphatic carbocycles. The van der Waals surface area contributed by atoms with Gasteiger partial charge in [0.15, 0.2) is 0 Å². The molecule has 1 amide bonds. The van der Waals surface area contributed by atoms with Gasteiger partial charge in [0.2, 0.25) is 15.9 Å². The van der Waals surface area contributed by atoms with Crippen LogP contribution in [0.15, 0.2) is 0 Å². The number of hydrogen-bond acceptors (Lipinski definition) is 4. The number of nitrogens with zero attached hydrogens (tertiary/aromatic N) is 1. The molecule has 5 nitrogen and oxygen atoms in total. The van der Waals surface area contributed by atoms with Crippen molar-refractivity contribution >= 4 is 15.9 Å². The van der Waals surface area contributed by atoms with Crippen LogP contribution in [-0.4, -0.2) is 20.1 Å². The van der Waals surface area contributed by atoms with Gasteiger partial charge in [-0.2, -0.15) is 5.26 Å². The Bertz CT molecular complexity index is 302. The van der Waals surface area contributed by atoms with E-state index >= 15 is 0 Å². The zero-order valence-corrected chi connectivity index (χ0v) is 8.23. The van der Waals surface area contributed by atoms with Gasteiger partial charge in [-0.1, -0.05) is 6.92 Å². The van der Waals surface area contributed by atoms with Crippen LogP contribution in [0.4, 0.5) is 0 Å². The van der Waals surface area contributed by atoms with Crippen LogP contribution in [0.2, 0.25) is 0 Å². The quantitative estimate of drug-likeness (QED) is 0.690. The maximum absolute atomic E-state index is 11.0. The van der Waals surface area contributed by atoms with Gasteiger partial charge in [-0.3, -0.25) is 9.52 Å². The zero-order valence-electron chi connectivity index (χ0n) is 7.41. The minimum Gasteiger partial charge on any atom is -0.274 e. The number of nitriles is 1. The molecule has 0 bridgehead atoms. The predicted octanol–water partition coefficient (Wildman–Crippen LogP) is 0.146. The van der Waals surface area contributed by atoms with Crippen molar-refractivity contribution in [2.45, 2.75) is 26.2 Å². The maximum Gasteiger partial charge on any atom is 0.234 e. The third-order valence-electron chi connectivity index (χ3n) is 1.21. The fourth-order valence-electron chi connectivity index (χ4n) is 0.714. The second-order valence-electron chi connectivity index (χ2n) is 2.50. The average Bonchev–Trinajstić information content (AvgIpc) is 1.99. The van der Waals surface area contributed by atoms with Gasteiger partial charge >= 0.3 is 0 Å². The lowest BCUT2D eigenvalue weighted by Gasteiger charge is -2.03. The number of amides is 1. The van der Waals surface area contributed by atoms with E-state index in [1.54, 1.807) is 13.0 Å². The summed E-state index contributed by atoms with van der Waals surface area (Å²) in [6, 6.07) is 1.76. The highest BCUT2D eigenvalue weighted by molar-refractivity contribution is 7.90. The van der Waals surface area contributed by atoms with Crippen molar-refractivity contribution in [3.05, 3.63) is 0 Å². The minimum atomic E-state index is -3.47. The average molecular weight is 204 g/mol. The molecular formula is C7H12N2O3S. The number of hydrogen-bond donors (Lipinski definition) is 1. The Hall–Kier alpha value is -1.09. The van der Waals surface area contributed by atoms with Crippen LogP contribution >= 0.6 is 0 Å². The van der Waals surface area contributed by atoms with Crippen molar-refractivity contribution in [1.29, 1.82) is 5.26 Å². The maximum atomic E-state index is 11.0. The van der Waals surface area contributed by atoms with Crippen LogP contribution in [0.1, 0.15) is 26.2 Å². The molecule has 0 aromatic heterocycles. The first-order valence-corrected chi connectivity index (χ1v) is 5.57. The van der Waals surface area contributed by atoms with E-state index < -0.39 is 15.9 Å². The summed E-state index contributed by atoms with van der Waals surface area (Å²) >= 11 is 0. The van der Waals surface area contributed by atoms with Crippen LogP contribution in [0.3, 0.4) is 0 Å². The topological polar surface area (TPSA) is 87.0 Å². The lowest BCUT2D eigenvalue weighted by molar-refractivity contribution is -0.119. The molecule has 0 atom stereocenters. The standard InChI is InChI=1S/C7H12N2O3S/c1-2-6-13(11,12)9-7(10)4-3-5-8/h2-4,6H2,1H3,(H,9,10). The Labute approximate surface area is 77.8 Å². The monoisotopic (exact) mass is 204 g/mol. The molecule has 0 radical (unpaired) electrons. The third-order valence-corrected chi connectivity index (χ3v) is 2.69. The molecule has 0 aromatic carbocycles. The smallest absolute Gasteiger partial charge is 0.234 e. The second kappa shape index (κ2) is 5.54. The van der Waals surface area contributed by atoms with Gasteiger partial charge in [0.05, 0.1) is 11.8 Å². The summed E-state index contributed by atoms with van der Waals surface area (Å²) in [5, 5.41) is 8.14. The normalized spacial score (nSPS) is 10.5. The van der Waals surface area contributed by atoms with Crippen LogP contribution < -0.4 is 4.72 Å². The summed E-state index contributed by atoms with van der Waals surface area (Å²) in [6.07, 6.45) is 0.424. The second-order valence-corrected chi connectivity index (χ2v) is 4.34. The van der Waals surface area contributed by atoms with E-state index in [0.717, 1.165) is 0 Å². The summed E-state index contributed by atoms with van der Waals surface area (Å²) in [7, 11) is -3.47. The summed E-state index contributed by atoms with van der Waals surface area (Å²) in [5.74, 6) is -0.680.